The predicted molar refractivity (Wildman–Crippen MR) is 89.8 cm³/mol. The van der Waals surface area contributed by atoms with Crippen LogP contribution in [0.25, 0.3) is 6.08 Å². The summed E-state index contributed by atoms with van der Waals surface area (Å²) < 4.78 is 1.29. The Morgan fingerprint density at radius 2 is 1.70 bits per heavy atom. The standard InChI is InChI=1S/C17H18OS2/c18-16-14(12-13-6-2-1-3-7-13)8-4-9-15(16)17-19-10-5-11-20-17/h1-3,6-7,12H,4-5,8-11H2/b14-12+. The molecule has 0 radical (unpaired) electrons. The Morgan fingerprint density at radius 3 is 2.45 bits per heavy atom. The van der Waals surface area contributed by atoms with E-state index in [0.29, 0.717) is 0 Å². The lowest BCUT2D eigenvalue weighted by atomic mass is 9.89. The van der Waals surface area contributed by atoms with E-state index in [0.717, 1.165) is 47.5 Å². The minimum absolute atomic E-state index is 0.289. The van der Waals surface area contributed by atoms with Crippen molar-refractivity contribution in [2.24, 2.45) is 0 Å². The minimum atomic E-state index is 0.289. The molecule has 0 spiro atoms. The Kier molecular flexibility index (Phi) is 4.69. The average Bonchev–Trinajstić information content (AvgIpc) is 2.51. The van der Waals surface area contributed by atoms with Crippen LogP contribution < -0.4 is 0 Å². The van der Waals surface area contributed by atoms with Gasteiger partial charge in [0.05, 0.1) is 0 Å². The number of allylic oxidation sites excluding steroid dienone is 2. The number of hydrogen-bond acceptors (Lipinski definition) is 3. The van der Waals surface area contributed by atoms with Crippen molar-refractivity contribution in [3.8, 4) is 0 Å². The summed E-state index contributed by atoms with van der Waals surface area (Å²) in [5.41, 5.74) is 3.19. The van der Waals surface area contributed by atoms with Crippen LogP contribution in [0.15, 0.2) is 45.7 Å². The van der Waals surface area contributed by atoms with E-state index in [4.69, 9.17) is 0 Å². The molecule has 104 valence electrons. The van der Waals surface area contributed by atoms with Gasteiger partial charge < -0.3 is 0 Å². The summed E-state index contributed by atoms with van der Waals surface area (Å²) in [6, 6.07) is 10.2. The SMILES string of the molecule is O=C1C(=C2SCCCS2)CCC/C1=C\c1ccccc1. The highest BCUT2D eigenvalue weighted by molar-refractivity contribution is 8.22. The molecule has 20 heavy (non-hydrogen) atoms. The lowest BCUT2D eigenvalue weighted by Crippen LogP contribution is -2.14. The molecule has 1 saturated carbocycles. The summed E-state index contributed by atoms with van der Waals surface area (Å²) in [6.07, 6.45) is 6.30. The van der Waals surface area contributed by atoms with Gasteiger partial charge in [0.15, 0.2) is 5.78 Å². The Bertz CT molecular complexity index is 550. The minimum Gasteiger partial charge on any atom is -0.289 e. The Balaban J connectivity index is 1.87. The number of rotatable bonds is 1. The van der Waals surface area contributed by atoms with Gasteiger partial charge >= 0.3 is 0 Å². The van der Waals surface area contributed by atoms with E-state index in [1.165, 1.54) is 10.7 Å². The second-order valence-corrected chi connectivity index (χ2v) is 7.55. The average molecular weight is 302 g/mol. The Morgan fingerprint density at radius 1 is 0.950 bits per heavy atom. The normalized spacial score (nSPS) is 22.4. The molecule has 0 bridgehead atoms. The highest BCUT2D eigenvalue weighted by Crippen LogP contribution is 2.41. The van der Waals surface area contributed by atoms with E-state index in [9.17, 15) is 4.79 Å². The maximum atomic E-state index is 12.7. The highest BCUT2D eigenvalue weighted by atomic mass is 32.2. The van der Waals surface area contributed by atoms with Gasteiger partial charge in [-0.25, -0.2) is 0 Å². The summed E-state index contributed by atoms with van der Waals surface area (Å²) in [4.78, 5) is 12.7. The topological polar surface area (TPSA) is 17.1 Å². The quantitative estimate of drug-likeness (QED) is 0.686. The smallest absolute Gasteiger partial charge is 0.186 e. The number of hydrogen-bond donors (Lipinski definition) is 0. The molecule has 1 saturated heterocycles. The van der Waals surface area contributed by atoms with Gasteiger partial charge in [-0.1, -0.05) is 30.3 Å². The van der Waals surface area contributed by atoms with Gasteiger partial charge in [0.2, 0.25) is 0 Å². The largest absolute Gasteiger partial charge is 0.289 e. The van der Waals surface area contributed by atoms with Crippen LogP contribution in [-0.2, 0) is 4.79 Å². The third-order valence-electron chi connectivity index (χ3n) is 3.58. The third-order valence-corrected chi connectivity index (χ3v) is 6.29. The first-order chi connectivity index (χ1) is 9.84. The lowest BCUT2D eigenvalue weighted by molar-refractivity contribution is -0.112. The van der Waals surface area contributed by atoms with Crippen LogP contribution in [0.1, 0.15) is 31.2 Å². The molecule has 2 fully saturated rings. The number of carbonyl (C=O) groups excluding carboxylic acids is 1. The zero-order valence-electron chi connectivity index (χ0n) is 11.4. The monoisotopic (exact) mass is 302 g/mol. The molecule has 3 rings (SSSR count). The van der Waals surface area contributed by atoms with Crippen molar-refractivity contribution in [1.82, 2.24) is 0 Å². The summed E-state index contributed by atoms with van der Waals surface area (Å²) in [6.45, 7) is 0. The molecule has 1 aliphatic carbocycles. The molecule has 0 amide bonds. The Labute approximate surface area is 128 Å². The van der Waals surface area contributed by atoms with Crippen molar-refractivity contribution in [1.29, 1.82) is 0 Å². The first-order valence-corrected chi connectivity index (χ1v) is 9.11. The van der Waals surface area contributed by atoms with Crippen molar-refractivity contribution in [3.63, 3.8) is 0 Å². The van der Waals surface area contributed by atoms with Gasteiger partial charge in [0.1, 0.15) is 0 Å². The van der Waals surface area contributed by atoms with Crippen molar-refractivity contribution in [3.05, 3.63) is 51.3 Å². The summed E-state index contributed by atoms with van der Waals surface area (Å²) in [7, 11) is 0. The number of thioether (sulfide) groups is 2. The maximum absolute atomic E-state index is 12.7. The fraction of sp³-hybridized carbons (Fsp3) is 0.353. The number of ketones is 1. The summed E-state index contributed by atoms with van der Waals surface area (Å²) in [5, 5.41) is 0. The van der Waals surface area contributed by atoms with Crippen LogP contribution in [0.3, 0.4) is 0 Å². The molecule has 1 heterocycles. The van der Waals surface area contributed by atoms with Crippen LogP contribution >= 0.6 is 23.5 Å². The predicted octanol–water partition coefficient (Wildman–Crippen LogP) is 4.90. The van der Waals surface area contributed by atoms with Crippen molar-refractivity contribution in [2.45, 2.75) is 25.7 Å². The molecule has 1 nitrogen and oxygen atoms in total. The third kappa shape index (κ3) is 3.21. The molecule has 1 aliphatic heterocycles. The van der Waals surface area contributed by atoms with Crippen LogP contribution in [0, 0.1) is 0 Å². The second-order valence-electron chi connectivity index (χ2n) is 5.08. The van der Waals surface area contributed by atoms with Crippen LogP contribution in [0.2, 0.25) is 0 Å². The fourth-order valence-electron chi connectivity index (χ4n) is 2.56. The molecule has 1 aromatic rings. The Hall–Kier alpha value is -0.930. The molecule has 0 aromatic heterocycles. The molecule has 0 atom stereocenters. The van der Waals surface area contributed by atoms with E-state index < -0.39 is 0 Å². The number of benzene rings is 1. The molecule has 2 aliphatic rings. The van der Waals surface area contributed by atoms with Crippen LogP contribution in [0.5, 0.6) is 0 Å². The van der Waals surface area contributed by atoms with Crippen molar-refractivity contribution < 1.29 is 4.79 Å². The van der Waals surface area contributed by atoms with Crippen molar-refractivity contribution in [2.75, 3.05) is 11.5 Å². The zero-order chi connectivity index (χ0) is 13.8. The number of carbonyl (C=O) groups is 1. The van der Waals surface area contributed by atoms with Gasteiger partial charge in [-0.15, -0.1) is 23.5 Å². The van der Waals surface area contributed by atoms with Gasteiger partial charge in [0, 0.05) is 15.4 Å². The molecule has 0 N–H and O–H groups in total. The summed E-state index contributed by atoms with van der Waals surface area (Å²) >= 11 is 3.75. The van der Waals surface area contributed by atoms with Crippen LogP contribution in [0.4, 0.5) is 0 Å². The van der Waals surface area contributed by atoms with Gasteiger partial charge in [-0.3, -0.25) is 4.79 Å². The van der Waals surface area contributed by atoms with E-state index in [1.54, 1.807) is 0 Å². The zero-order valence-corrected chi connectivity index (χ0v) is 13.1. The summed E-state index contributed by atoms with van der Waals surface area (Å²) in [5.74, 6) is 2.62. The van der Waals surface area contributed by atoms with E-state index in [2.05, 4.69) is 18.2 Å². The van der Waals surface area contributed by atoms with Gasteiger partial charge in [0.25, 0.3) is 0 Å². The van der Waals surface area contributed by atoms with Gasteiger partial charge in [-0.05, 0) is 48.8 Å². The number of Topliss-reactive ketones (excluding diaryl/α,β-unsaturated/α-hetero) is 1. The highest BCUT2D eigenvalue weighted by Gasteiger charge is 2.25. The molecule has 3 heteroatoms. The molecule has 1 aromatic carbocycles. The fourth-order valence-corrected chi connectivity index (χ4v) is 5.27. The first-order valence-electron chi connectivity index (χ1n) is 7.13. The molecular weight excluding hydrogens is 284 g/mol. The van der Waals surface area contributed by atoms with E-state index in [-0.39, 0.29) is 5.78 Å². The van der Waals surface area contributed by atoms with Crippen molar-refractivity contribution >= 4 is 35.4 Å². The van der Waals surface area contributed by atoms with Gasteiger partial charge in [-0.2, -0.15) is 0 Å². The molecular formula is C17H18OS2. The lowest BCUT2D eigenvalue weighted by Gasteiger charge is -2.22. The second kappa shape index (κ2) is 6.68. The van der Waals surface area contributed by atoms with E-state index >= 15 is 0 Å². The molecule has 0 unspecified atom stereocenters. The van der Waals surface area contributed by atoms with Crippen LogP contribution in [-0.4, -0.2) is 17.3 Å². The first kappa shape index (κ1) is 14.0. The van der Waals surface area contributed by atoms with E-state index in [1.807, 2.05) is 41.7 Å². The maximum Gasteiger partial charge on any atom is 0.186 e.